The van der Waals surface area contributed by atoms with Crippen molar-refractivity contribution in [3.05, 3.63) is 58.7 Å². The lowest BCUT2D eigenvalue weighted by Crippen LogP contribution is -2.53. The molecule has 1 fully saturated rings. The van der Waals surface area contributed by atoms with Gasteiger partial charge >= 0.3 is 6.03 Å². The number of hydrogen-bond acceptors (Lipinski definition) is 3. The maximum absolute atomic E-state index is 13.2. The molecule has 2 aromatic rings. The highest BCUT2D eigenvalue weighted by Crippen LogP contribution is 2.24. The molecule has 1 aliphatic heterocycles. The molecule has 1 aromatic carbocycles. The predicted octanol–water partition coefficient (Wildman–Crippen LogP) is 2.71. The van der Waals surface area contributed by atoms with E-state index in [0.717, 1.165) is 22.0 Å². The molecule has 1 aliphatic rings. The number of barbiturate groups is 1. The van der Waals surface area contributed by atoms with E-state index in [9.17, 15) is 18.8 Å². The fraction of sp³-hybridized carbons (Fsp3) is 0.211. The molecule has 26 heavy (non-hydrogen) atoms. The van der Waals surface area contributed by atoms with E-state index < -0.39 is 17.8 Å². The summed E-state index contributed by atoms with van der Waals surface area (Å²) >= 11 is 0. The van der Waals surface area contributed by atoms with Crippen LogP contribution in [0.1, 0.15) is 23.9 Å². The number of nitrogens with one attached hydrogen (secondary N) is 1. The van der Waals surface area contributed by atoms with E-state index in [-0.39, 0.29) is 17.9 Å². The van der Waals surface area contributed by atoms with E-state index in [1.54, 1.807) is 19.1 Å². The van der Waals surface area contributed by atoms with Crippen molar-refractivity contribution in [3.63, 3.8) is 0 Å². The van der Waals surface area contributed by atoms with Gasteiger partial charge in [-0.15, -0.1) is 0 Å². The van der Waals surface area contributed by atoms with Gasteiger partial charge in [-0.1, -0.05) is 0 Å². The minimum atomic E-state index is -0.712. The summed E-state index contributed by atoms with van der Waals surface area (Å²) in [5.41, 5.74) is 3.02. The van der Waals surface area contributed by atoms with Crippen molar-refractivity contribution in [1.82, 2.24) is 14.8 Å². The van der Waals surface area contributed by atoms with Crippen LogP contribution in [0, 0.1) is 19.7 Å². The van der Waals surface area contributed by atoms with Crippen LogP contribution in [0.2, 0.25) is 0 Å². The number of carbonyl (C=O) groups is 3. The van der Waals surface area contributed by atoms with Crippen molar-refractivity contribution in [2.45, 2.75) is 20.8 Å². The molecule has 3 rings (SSSR count). The van der Waals surface area contributed by atoms with Crippen LogP contribution < -0.4 is 5.32 Å². The van der Waals surface area contributed by atoms with Crippen molar-refractivity contribution in [2.75, 3.05) is 6.54 Å². The molecule has 0 atom stereocenters. The summed E-state index contributed by atoms with van der Waals surface area (Å²) in [4.78, 5) is 37.2. The SMILES string of the molecule is CCN1C(=O)NC(=O)/C(=C\c2cc(C)n(-c3ccc(F)cc3)c2C)C1=O. The van der Waals surface area contributed by atoms with Gasteiger partial charge in [0, 0.05) is 23.6 Å². The number of rotatable bonds is 3. The Balaban J connectivity index is 2.05. The van der Waals surface area contributed by atoms with Gasteiger partial charge in [0.25, 0.3) is 11.8 Å². The van der Waals surface area contributed by atoms with Crippen LogP contribution in [0.4, 0.5) is 9.18 Å². The molecule has 0 radical (unpaired) electrons. The van der Waals surface area contributed by atoms with Crippen LogP contribution in [0.5, 0.6) is 0 Å². The van der Waals surface area contributed by atoms with E-state index in [0.29, 0.717) is 5.56 Å². The average molecular weight is 355 g/mol. The Morgan fingerprint density at radius 3 is 2.38 bits per heavy atom. The number of nitrogens with zero attached hydrogens (tertiary/aromatic N) is 2. The number of hydrogen-bond donors (Lipinski definition) is 1. The first-order valence-electron chi connectivity index (χ1n) is 8.17. The molecule has 0 saturated carbocycles. The van der Waals surface area contributed by atoms with Gasteiger partial charge in [-0.05, 0) is 62.7 Å². The summed E-state index contributed by atoms with van der Waals surface area (Å²) in [6.07, 6.45) is 1.48. The normalized spacial score (nSPS) is 16.4. The van der Waals surface area contributed by atoms with Gasteiger partial charge in [0.2, 0.25) is 0 Å². The van der Waals surface area contributed by atoms with E-state index >= 15 is 0 Å². The number of imide groups is 2. The van der Waals surface area contributed by atoms with Crippen LogP contribution in [0.25, 0.3) is 11.8 Å². The number of urea groups is 1. The van der Waals surface area contributed by atoms with Gasteiger partial charge in [0.05, 0.1) is 0 Å². The topological polar surface area (TPSA) is 71.4 Å². The Hall–Kier alpha value is -3.22. The minimum Gasteiger partial charge on any atom is -0.318 e. The Labute approximate surface area is 149 Å². The molecule has 134 valence electrons. The molecule has 0 unspecified atom stereocenters. The zero-order valence-corrected chi connectivity index (χ0v) is 14.7. The molecule has 7 heteroatoms. The number of halogens is 1. The maximum atomic E-state index is 13.2. The lowest BCUT2D eigenvalue weighted by molar-refractivity contribution is -0.129. The lowest BCUT2D eigenvalue weighted by Gasteiger charge is -2.24. The lowest BCUT2D eigenvalue weighted by atomic mass is 10.1. The highest BCUT2D eigenvalue weighted by Gasteiger charge is 2.34. The standard InChI is InChI=1S/C19H18FN3O3/c1-4-22-18(25)16(17(24)21-19(22)26)10-13-9-11(2)23(12(13)3)15-7-5-14(20)6-8-15/h5-10H,4H2,1-3H3,(H,21,24,26)/b16-10+. The fourth-order valence-corrected chi connectivity index (χ4v) is 3.06. The zero-order chi connectivity index (χ0) is 19.0. The second-order valence-corrected chi connectivity index (χ2v) is 6.00. The summed E-state index contributed by atoms with van der Waals surface area (Å²) in [5.74, 6) is -1.66. The number of amides is 4. The number of aryl methyl sites for hydroxylation is 1. The highest BCUT2D eigenvalue weighted by molar-refractivity contribution is 6.31. The van der Waals surface area contributed by atoms with Crippen molar-refractivity contribution in [1.29, 1.82) is 0 Å². The Morgan fingerprint density at radius 1 is 1.12 bits per heavy atom. The molecule has 0 bridgehead atoms. The van der Waals surface area contributed by atoms with Gasteiger partial charge in [-0.3, -0.25) is 19.8 Å². The zero-order valence-electron chi connectivity index (χ0n) is 14.7. The Morgan fingerprint density at radius 2 is 1.77 bits per heavy atom. The smallest absolute Gasteiger partial charge is 0.318 e. The Bertz CT molecular complexity index is 942. The molecule has 2 heterocycles. The van der Waals surface area contributed by atoms with Crippen molar-refractivity contribution in [3.8, 4) is 5.69 Å². The molecule has 1 N–H and O–H groups in total. The summed E-state index contributed by atoms with van der Waals surface area (Å²) in [5, 5.41) is 2.17. The molecule has 0 spiro atoms. The van der Waals surface area contributed by atoms with Gasteiger partial charge < -0.3 is 4.57 Å². The molecular weight excluding hydrogens is 337 g/mol. The summed E-state index contributed by atoms with van der Waals surface area (Å²) in [6, 6.07) is 7.17. The number of carbonyl (C=O) groups excluding carboxylic acids is 3. The first-order chi connectivity index (χ1) is 12.3. The molecular formula is C19H18FN3O3. The monoisotopic (exact) mass is 355 g/mol. The Kier molecular flexibility index (Phi) is 4.46. The summed E-state index contributed by atoms with van der Waals surface area (Å²) in [7, 11) is 0. The third-order valence-electron chi connectivity index (χ3n) is 4.36. The van der Waals surface area contributed by atoms with Crippen molar-refractivity contribution < 1.29 is 18.8 Å². The largest absolute Gasteiger partial charge is 0.331 e. The molecule has 6 nitrogen and oxygen atoms in total. The quantitative estimate of drug-likeness (QED) is 0.680. The third-order valence-corrected chi connectivity index (χ3v) is 4.36. The van der Waals surface area contributed by atoms with Crippen LogP contribution in [-0.4, -0.2) is 33.9 Å². The third kappa shape index (κ3) is 2.92. The second kappa shape index (κ2) is 6.59. The van der Waals surface area contributed by atoms with Gasteiger partial charge in [0.1, 0.15) is 11.4 Å². The van der Waals surface area contributed by atoms with Crippen molar-refractivity contribution >= 4 is 23.9 Å². The summed E-state index contributed by atoms with van der Waals surface area (Å²) in [6.45, 7) is 5.55. The van der Waals surface area contributed by atoms with Crippen LogP contribution in [0.3, 0.4) is 0 Å². The summed E-state index contributed by atoms with van der Waals surface area (Å²) < 4.78 is 15.1. The first kappa shape index (κ1) is 17.6. The number of aromatic nitrogens is 1. The van der Waals surface area contributed by atoms with Crippen molar-refractivity contribution in [2.24, 2.45) is 0 Å². The molecule has 4 amide bonds. The molecule has 0 aliphatic carbocycles. The first-order valence-corrected chi connectivity index (χ1v) is 8.17. The van der Waals surface area contributed by atoms with E-state index in [1.807, 2.05) is 24.5 Å². The highest BCUT2D eigenvalue weighted by atomic mass is 19.1. The van der Waals surface area contributed by atoms with Crippen LogP contribution in [0.15, 0.2) is 35.9 Å². The van der Waals surface area contributed by atoms with Crippen LogP contribution in [-0.2, 0) is 9.59 Å². The predicted molar refractivity (Wildman–Crippen MR) is 94.1 cm³/mol. The number of likely N-dealkylation sites (N-methyl/N-ethyl adjacent to an activating group) is 1. The van der Waals surface area contributed by atoms with Gasteiger partial charge in [-0.2, -0.15) is 0 Å². The van der Waals surface area contributed by atoms with Gasteiger partial charge in [-0.25, -0.2) is 9.18 Å². The van der Waals surface area contributed by atoms with Gasteiger partial charge in [0.15, 0.2) is 0 Å². The maximum Gasteiger partial charge on any atom is 0.331 e. The molecule has 1 saturated heterocycles. The number of benzene rings is 1. The minimum absolute atomic E-state index is 0.0918. The second-order valence-electron chi connectivity index (χ2n) is 6.00. The van der Waals surface area contributed by atoms with Crippen LogP contribution >= 0.6 is 0 Å². The van der Waals surface area contributed by atoms with E-state index in [2.05, 4.69) is 5.32 Å². The average Bonchev–Trinajstić information content (AvgIpc) is 2.86. The fourth-order valence-electron chi connectivity index (χ4n) is 3.06. The molecule has 1 aromatic heterocycles. The van der Waals surface area contributed by atoms with E-state index in [1.165, 1.54) is 18.2 Å². The van der Waals surface area contributed by atoms with E-state index in [4.69, 9.17) is 0 Å².